The van der Waals surface area contributed by atoms with Crippen LogP contribution in [0.1, 0.15) is 18.7 Å². The van der Waals surface area contributed by atoms with Crippen LogP contribution in [-0.2, 0) is 0 Å². The second-order valence-corrected chi connectivity index (χ2v) is 4.77. The lowest BCUT2D eigenvalue weighted by Crippen LogP contribution is -2.09. The molecule has 3 aromatic rings. The quantitative estimate of drug-likeness (QED) is 0.795. The Morgan fingerprint density at radius 2 is 2.10 bits per heavy atom. The Morgan fingerprint density at radius 1 is 1.19 bits per heavy atom. The van der Waals surface area contributed by atoms with Gasteiger partial charge in [0.05, 0.1) is 23.6 Å². The lowest BCUT2D eigenvalue weighted by molar-refractivity contribution is 0.617. The van der Waals surface area contributed by atoms with Crippen molar-refractivity contribution in [3.63, 3.8) is 0 Å². The summed E-state index contributed by atoms with van der Waals surface area (Å²) in [6.07, 6.45) is 4.86. The van der Waals surface area contributed by atoms with E-state index in [0.29, 0.717) is 0 Å². The molecule has 0 aliphatic rings. The maximum absolute atomic E-state index is 12.9. The zero-order valence-electron chi connectivity index (χ0n) is 11.6. The second kappa shape index (κ2) is 5.75. The monoisotopic (exact) mass is 282 g/mol. The van der Waals surface area contributed by atoms with Crippen LogP contribution in [0, 0.1) is 5.82 Å². The summed E-state index contributed by atoms with van der Waals surface area (Å²) >= 11 is 0. The molecule has 1 unspecified atom stereocenters. The number of rotatable bonds is 4. The van der Waals surface area contributed by atoms with E-state index in [4.69, 9.17) is 0 Å². The molecule has 1 aromatic carbocycles. The number of benzene rings is 1. The number of halogens is 1. The molecule has 21 heavy (non-hydrogen) atoms. The van der Waals surface area contributed by atoms with Crippen molar-refractivity contribution in [2.45, 2.75) is 13.0 Å². The van der Waals surface area contributed by atoms with Crippen molar-refractivity contribution in [3.05, 3.63) is 72.6 Å². The Bertz CT molecular complexity index is 707. The van der Waals surface area contributed by atoms with Crippen LogP contribution in [0.25, 0.3) is 5.69 Å². The first-order valence-corrected chi connectivity index (χ1v) is 6.70. The predicted molar refractivity (Wildman–Crippen MR) is 79.8 cm³/mol. The van der Waals surface area contributed by atoms with Crippen LogP contribution < -0.4 is 5.32 Å². The van der Waals surface area contributed by atoms with Gasteiger partial charge in [0.25, 0.3) is 0 Å². The molecule has 0 saturated carbocycles. The molecule has 0 saturated heterocycles. The highest BCUT2D eigenvalue weighted by atomic mass is 19.1. The molecule has 0 spiro atoms. The van der Waals surface area contributed by atoms with Gasteiger partial charge in [0.15, 0.2) is 0 Å². The van der Waals surface area contributed by atoms with Crippen LogP contribution in [0.15, 0.2) is 61.1 Å². The Labute approximate surface area is 122 Å². The molecule has 2 heterocycles. The molecule has 4 nitrogen and oxygen atoms in total. The third-order valence-electron chi connectivity index (χ3n) is 3.19. The average Bonchev–Trinajstić information content (AvgIpc) is 3.02. The van der Waals surface area contributed by atoms with Gasteiger partial charge in [-0.15, -0.1) is 0 Å². The van der Waals surface area contributed by atoms with E-state index >= 15 is 0 Å². The van der Waals surface area contributed by atoms with Gasteiger partial charge in [0, 0.05) is 18.1 Å². The van der Waals surface area contributed by atoms with Gasteiger partial charge in [-0.1, -0.05) is 6.07 Å². The molecular weight excluding hydrogens is 267 g/mol. The zero-order chi connectivity index (χ0) is 14.7. The maximum atomic E-state index is 12.9. The normalized spacial score (nSPS) is 12.1. The van der Waals surface area contributed by atoms with Crippen molar-refractivity contribution in [2.75, 3.05) is 5.32 Å². The van der Waals surface area contributed by atoms with Gasteiger partial charge in [0.2, 0.25) is 0 Å². The van der Waals surface area contributed by atoms with E-state index < -0.39 is 0 Å². The summed E-state index contributed by atoms with van der Waals surface area (Å²) in [5, 5.41) is 7.56. The summed E-state index contributed by atoms with van der Waals surface area (Å²) in [6.45, 7) is 1.99. The molecule has 0 aliphatic carbocycles. The van der Waals surface area contributed by atoms with Gasteiger partial charge in [-0.05, 0) is 43.3 Å². The molecule has 2 aromatic heterocycles. The van der Waals surface area contributed by atoms with Crippen molar-refractivity contribution in [3.8, 4) is 5.69 Å². The Hall–Kier alpha value is -2.69. The number of hydrogen-bond acceptors (Lipinski definition) is 3. The molecule has 3 rings (SSSR count). The number of aromatic nitrogens is 3. The molecule has 1 N–H and O–H groups in total. The second-order valence-electron chi connectivity index (χ2n) is 4.77. The molecule has 0 fully saturated rings. The Morgan fingerprint density at radius 3 is 2.81 bits per heavy atom. The predicted octanol–water partition coefficient (Wildman–Crippen LogP) is 3.58. The van der Waals surface area contributed by atoms with Crippen molar-refractivity contribution >= 4 is 5.69 Å². The molecule has 1 atom stereocenters. The highest BCUT2D eigenvalue weighted by molar-refractivity contribution is 5.51. The number of anilines is 1. The summed E-state index contributed by atoms with van der Waals surface area (Å²) < 4.78 is 14.7. The first kappa shape index (κ1) is 13.3. The minimum absolute atomic E-state index is 0.0153. The SMILES string of the molecule is CC(Nc1cccc(-n2cccn2)c1)c1ccc(F)cn1. The fourth-order valence-electron chi connectivity index (χ4n) is 2.13. The number of nitrogens with zero attached hydrogens (tertiary/aromatic N) is 3. The van der Waals surface area contributed by atoms with E-state index in [1.165, 1.54) is 12.3 Å². The minimum atomic E-state index is -0.327. The van der Waals surface area contributed by atoms with Crippen molar-refractivity contribution in [2.24, 2.45) is 0 Å². The van der Waals surface area contributed by atoms with E-state index in [1.807, 2.05) is 43.5 Å². The van der Waals surface area contributed by atoms with Gasteiger partial charge in [-0.25, -0.2) is 9.07 Å². The van der Waals surface area contributed by atoms with Crippen LogP contribution in [0.3, 0.4) is 0 Å². The molecular formula is C16H15FN4. The topological polar surface area (TPSA) is 42.7 Å². The molecule has 5 heteroatoms. The summed E-state index contributed by atoms with van der Waals surface area (Å²) in [5.41, 5.74) is 2.73. The number of nitrogens with one attached hydrogen (secondary N) is 1. The van der Waals surface area contributed by atoms with E-state index in [1.54, 1.807) is 16.9 Å². The fraction of sp³-hybridized carbons (Fsp3) is 0.125. The van der Waals surface area contributed by atoms with Crippen molar-refractivity contribution in [1.82, 2.24) is 14.8 Å². The summed E-state index contributed by atoms with van der Waals surface area (Å²) in [4.78, 5) is 4.09. The lowest BCUT2D eigenvalue weighted by atomic mass is 10.2. The lowest BCUT2D eigenvalue weighted by Gasteiger charge is -2.15. The van der Waals surface area contributed by atoms with E-state index in [9.17, 15) is 4.39 Å². The molecule has 0 radical (unpaired) electrons. The molecule has 0 aliphatic heterocycles. The highest BCUT2D eigenvalue weighted by Crippen LogP contribution is 2.20. The van der Waals surface area contributed by atoms with Crippen LogP contribution in [0.2, 0.25) is 0 Å². The van der Waals surface area contributed by atoms with Crippen LogP contribution in [-0.4, -0.2) is 14.8 Å². The summed E-state index contributed by atoms with van der Waals surface area (Å²) in [7, 11) is 0. The maximum Gasteiger partial charge on any atom is 0.141 e. The molecule has 0 bridgehead atoms. The highest BCUT2D eigenvalue weighted by Gasteiger charge is 2.07. The number of pyridine rings is 1. The van der Waals surface area contributed by atoms with E-state index in [0.717, 1.165) is 17.1 Å². The first-order chi connectivity index (χ1) is 10.2. The fourth-order valence-corrected chi connectivity index (χ4v) is 2.13. The third kappa shape index (κ3) is 3.08. The van der Waals surface area contributed by atoms with Gasteiger partial charge >= 0.3 is 0 Å². The summed E-state index contributed by atoms with van der Waals surface area (Å²) in [6, 6.07) is 12.9. The largest absolute Gasteiger partial charge is 0.377 e. The average molecular weight is 282 g/mol. The van der Waals surface area contributed by atoms with Gasteiger partial charge in [-0.2, -0.15) is 5.10 Å². The standard InChI is InChI=1S/C16H15FN4/c1-12(16-7-6-13(17)11-18-16)20-14-4-2-5-15(10-14)21-9-3-8-19-21/h2-12,20H,1H3. The van der Waals surface area contributed by atoms with Crippen LogP contribution in [0.5, 0.6) is 0 Å². The smallest absolute Gasteiger partial charge is 0.141 e. The van der Waals surface area contributed by atoms with Crippen LogP contribution >= 0.6 is 0 Å². The van der Waals surface area contributed by atoms with Gasteiger partial charge in [-0.3, -0.25) is 4.98 Å². The molecule has 0 amide bonds. The minimum Gasteiger partial charge on any atom is -0.377 e. The Balaban J connectivity index is 1.78. The van der Waals surface area contributed by atoms with E-state index in [2.05, 4.69) is 15.4 Å². The van der Waals surface area contributed by atoms with Gasteiger partial charge in [0.1, 0.15) is 5.82 Å². The van der Waals surface area contributed by atoms with E-state index in [-0.39, 0.29) is 11.9 Å². The van der Waals surface area contributed by atoms with Crippen molar-refractivity contribution < 1.29 is 4.39 Å². The Kier molecular flexibility index (Phi) is 3.64. The van der Waals surface area contributed by atoms with Crippen molar-refractivity contribution in [1.29, 1.82) is 0 Å². The molecule has 106 valence electrons. The zero-order valence-corrected chi connectivity index (χ0v) is 11.6. The van der Waals surface area contributed by atoms with Gasteiger partial charge < -0.3 is 5.32 Å². The summed E-state index contributed by atoms with van der Waals surface area (Å²) in [5.74, 6) is -0.327. The van der Waals surface area contributed by atoms with Crippen LogP contribution in [0.4, 0.5) is 10.1 Å². The first-order valence-electron chi connectivity index (χ1n) is 6.70. The third-order valence-corrected chi connectivity index (χ3v) is 3.19. The number of hydrogen-bond donors (Lipinski definition) is 1.